The van der Waals surface area contributed by atoms with Gasteiger partial charge in [0.1, 0.15) is 5.82 Å². The number of amides is 1. The molecule has 2 aromatic rings. The summed E-state index contributed by atoms with van der Waals surface area (Å²) in [6, 6.07) is 1.69. The number of rotatable bonds is 7. The first-order chi connectivity index (χ1) is 11.8. The van der Waals surface area contributed by atoms with E-state index in [1.165, 1.54) is 0 Å². The monoisotopic (exact) mass is 333 g/mol. The third-order valence-corrected chi connectivity index (χ3v) is 4.04. The van der Waals surface area contributed by atoms with Crippen molar-refractivity contribution in [3.05, 3.63) is 30.0 Å². The molecule has 2 aromatic heterocycles. The topological polar surface area (TPSA) is 85.4 Å². The molecular weight excluding hydrogens is 310 g/mol. The highest BCUT2D eigenvalue weighted by Crippen LogP contribution is 2.15. The van der Waals surface area contributed by atoms with Gasteiger partial charge in [0, 0.05) is 51.1 Å². The van der Waals surface area contributed by atoms with Crippen LogP contribution in [0.3, 0.4) is 0 Å². The zero-order chi connectivity index (χ0) is 16.8. The Labute approximate surface area is 140 Å². The average molecular weight is 333 g/mol. The molecule has 1 aliphatic heterocycles. The van der Waals surface area contributed by atoms with Crippen LogP contribution in [-0.4, -0.2) is 53.5 Å². The maximum atomic E-state index is 12.1. The fourth-order valence-corrected chi connectivity index (χ4v) is 2.71. The van der Waals surface area contributed by atoms with Gasteiger partial charge in [-0.15, -0.1) is 0 Å². The molecule has 1 aliphatic rings. The van der Waals surface area contributed by atoms with E-state index >= 15 is 0 Å². The van der Waals surface area contributed by atoms with Crippen LogP contribution in [0.1, 0.15) is 29.7 Å². The zero-order valence-electron chi connectivity index (χ0n) is 13.9. The molecule has 1 N–H and O–H groups in total. The van der Waals surface area contributed by atoms with Crippen LogP contribution in [0.5, 0.6) is 0 Å². The van der Waals surface area contributed by atoms with Gasteiger partial charge >= 0.3 is 0 Å². The van der Waals surface area contributed by atoms with Gasteiger partial charge in [-0.05, 0) is 6.42 Å². The van der Waals surface area contributed by atoms with Crippen LogP contribution >= 0.6 is 0 Å². The molecule has 0 aromatic carbocycles. The fourth-order valence-electron chi connectivity index (χ4n) is 2.71. The highest BCUT2D eigenvalue weighted by Gasteiger charge is 2.18. The molecule has 1 amide bonds. The van der Waals surface area contributed by atoms with Gasteiger partial charge in [0.05, 0.1) is 13.2 Å². The fraction of sp³-hybridized carbons (Fsp3) is 0.562. The van der Waals surface area contributed by atoms with Crippen molar-refractivity contribution < 1.29 is 14.1 Å². The number of morpholine rings is 1. The number of imidazole rings is 1. The highest BCUT2D eigenvalue weighted by atomic mass is 16.5. The molecule has 3 rings (SSSR count). The van der Waals surface area contributed by atoms with Gasteiger partial charge in [0.2, 0.25) is 5.76 Å². The molecule has 0 bridgehead atoms. The maximum Gasteiger partial charge on any atom is 0.289 e. The second kappa shape index (κ2) is 7.96. The predicted octanol–water partition coefficient (Wildman–Crippen LogP) is 1.09. The average Bonchev–Trinajstić information content (AvgIpc) is 3.28. The van der Waals surface area contributed by atoms with Crippen LogP contribution in [0.2, 0.25) is 0 Å². The number of nitrogens with one attached hydrogen (secondary N) is 1. The van der Waals surface area contributed by atoms with Crippen LogP contribution in [0.4, 0.5) is 5.82 Å². The molecule has 1 fully saturated rings. The summed E-state index contributed by atoms with van der Waals surface area (Å²) in [7, 11) is 0. The Morgan fingerprint density at radius 2 is 2.21 bits per heavy atom. The van der Waals surface area contributed by atoms with E-state index in [0.717, 1.165) is 38.3 Å². The van der Waals surface area contributed by atoms with Crippen molar-refractivity contribution >= 4 is 11.7 Å². The Kier molecular flexibility index (Phi) is 5.47. The van der Waals surface area contributed by atoms with Crippen molar-refractivity contribution in [2.24, 2.45) is 0 Å². The number of aryl methyl sites for hydroxylation is 2. The zero-order valence-corrected chi connectivity index (χ0v) is 13.9. The summed E-state index contributed by atoms with van der Waals surface area (Å²) in [5.74, 6) is 1.76. The molecule has 8 nitrogen and oxygen atoms in total. The lowest BCUT2D eigenvalue weighted by molar-refractivity contribution is 0.0915. The number of hydrogen-bond donors (Lipinski definition) is 1. The van der Waals surface area contributed by atoms with Crippen molar-refractivity contribution in [1.29, 1.82) is 0 Å². The Balaban J connectivity index is 1.44. The number of carbonyl (C=O) groups is 1. The van der Waals surface area contributed by atoms with E-state index in [4.69, 9.17) is 9.26 Å². The van der Waals surface area contributed by atoms with E-state index < -0.39 is 0 Å². The Bertz CT molecular complexity index is 660. The third kappa shape index (κ3) is 3.94. The molecule has 0 unspecified atom stereocenters. The van der Waals surface area contributed by atoms with E-state index in [1.807, 2.05) is 6.20 Å². The second-order valence-corrected chi connectivity index (χ2v) is 5.65. The molecule has 0 spiro atoms. The smallest absolute Gasteiger partial charge is 0.289 e. The minimum atomic E-state index is -0.233. The summed E-state index contributed by atoms with van der Waals surface area (Å²) in [5.41, 5.74) is 0. The first kappa shape index (κ1) is 16.5. The summed E-state index contributed by atoms with van der Waals surface area (Å²) < 4.78 is 12.6. The maximum absolute atomic E-state index is 12.1. The van der Waals surface area contributed by atoms with E-state index in [-0.39, 0.29) is 11.7 Å². The Hall–Kier alpha value is -2.35. The van der Waals surface area contributed by atoms with Crippen molar-refractivity contribution in [2.45, 2.75) is 26.3 Å². The SMILES string of the molecule is CCc1nccn1CCCNC(=O)c1cc(N2CCOCC2)no1. The lowest BCUT2D eigenvalue weighted by Gasteiger charge is -2.25. The molecule has 3 heterocycles. The standard InChI is InChI=1S/C16H23N5O3/c1-2-14-17-5-7-20(14)6-3-4-18-16(22)13-12-15(19-24-13)21-8-10-23-11-9-21/h5,7,12H,2-4,6,8-11H2,1H3,(H,18,22). The summed E-state index contributed by atoms with van der Waals surface area (Å²) in [5, 5.41) is 6.84. The third-order valence-electron chi connectivity index (χ3n) is 4.04. The van der Waals surface area contributed by atoms with Crippen LogP contribution in [-0.2, 0) is 17.7 Å². The minimum Gasteiger partial charge on any atom is -0.378 e. The molecule has 8 heteroatoms. The molecule has 1 saturated heterocycles. The van der Waals surface area contributed by atoms with Gasteiger partial charge < -0.3 is 24.0 Å². The predicted molar refractivity (Wildman–Crippen MR) is 88.1 cm³/mol. The number of carbonyl (C=O) groups excluding carboxylic acids is 1. The Morgan fingerprint density at radius 1 is 1.38 bits per heavy atom. The Morgan fingerprint density at radius 3 is 3.00 bits per heavy atom. The summed E-state index contributed by atoms with van der Waals surface area (Å²) in [4.78, 5) is 18.5. The van der Waals surface area contributed by atoms with Gasteiger partial charge in [-0.2, -0.15) is 0 Å². The summed E-state index contributed by atoms with van der Waals surface area (Å²) in [6.07, 6.45) is 5.51. The van der Waals surface area contributed by atoms with E-state index in [9.17, 15) is 4.79 Å². The molecule has 0 radical (unpaired) electrons. The van der Waals surface area contributed by atoms with Crippen LogP contribution in [0.15, 0.2) is 23.0 Å². The molecule has 0 atom stereocenters. The second-order valence-electron chi connectivity index (χ2n) is 5.65. The number of aromatic nitrogens is 3. The first-order valence-electron chi connectivity index (χ1n) is 8.35. The van der Waals surface area contributed by atoms with Gasteiger partial charge in [-0.25, -0.2) is 4.98 Å². The van der Waals surface area contributed by atoms with Gasteiger partial charge in [-0.1, -0.05) is 12.1 Å². The summed E-state index contributed by atoms with van der Waals surface area (Å²) in [6.45, 7) is 6.35. The highest BCUT2D eigenvalue weighted by molar-refractivity contribution is 5.92. The van der Waals surface area contributed by atoms with Crippen molar-refractivity contribution in [3.8, 4) is 0 Å². The molecule has 130 valence electrons. The van der Waals surface area contributed by atoms with Crippen molar-refractivity contribution in [1.82, 2.24) is 20.0 Å². The van der Waals surface area contributed by atoms with E-state index in [1.54, 1.807) is 12.3 Å². The van der Waals surface area contributed by atoms with E-state index in [0.29, 0.717) is 25.6 Å². The number of anilines is 1. The minimum absolute atomic E-state index is 0.233. The molecule has 0 saturated carbocycles. The van der Waals surface area contributed by atoms with E-state index in [2.05, 4.69) is 31.8 Å². The van der Waals surface area contributed by atoms with Crippen LogP contribution in [0, 0.1) is 0 Å². The largest absolute Gasteiger partial charge is 0.378 e. The lowest BCUT2D eigenvalue weighted by Crippen LogP contribution is -2.36. The summed E-state index contributed by atoms with van der Waals surface area (Å²) >= 11 is 0. The van der Waals surface area contributed by atoms with Gasteiger partial charge in [-0.3, -0.25) is 4.79 Å². The first-order valence-corrected chi connectivity index (χ1v) is 8.35. The molecule has 24 heavy (non-hydrogen) atoms. The number of nitrogens with zero attached hydrogens (tertiary/aromatic N) is 4. The molecule has 0 aliphatic carbocycles. The lowest BCUT2D eigenvalue weighted by atomic mass is 10.3. The number of ether oxygens (including phenoxy) is 1. The van der Waals surface area contributed by atoms with Crippen molar-refractivity contribution in [2.75, 3.05) is 37.7 Å². The van der Waals surface area contributed by atoms with Gasteiger partial charge in [0.15, 0.2) is 5.82 Å². The molecular formula is C16H23N5O3. The normalized spacial score (nSPS) is 14.8. The number of hydrogen-bond acceptors (Lipinski definition) is 6. The quantitative estimate of drug-likeness (QED) is 0.764. The van der Waals surface area contributed by atoms with Crippen LogP contribution in [0.25, 0.3) is 0 Å². The van der Waals surface area contributed by atoms with Crippen LogP contribution < -0.4 is 10.2 Å². The van der Waals surface area contributed by atoms with Gasteiger partial charge in [0.25, 0.3) is 5.91 Å². The van der Waals surface area contributed by atoms with Crippen molar-refractivity contribution in [3.63, 3.8) is 0 Å².